The van der Waals surface area contributed by atoms with Crippen LogP contribution in [-0.4, -0.2) is 49.7 Å². The fourth-order valence-corrected chi connectivity index (χ4v) is 5.21. The first kappa shape index (κ1) is 26.0. The molecule has 0 radical (unpaired) electrons. The molecule has 1 atom stereocenters. The highest BCUT2D eigenvalue weighted by Gasteiger charge is 2.44. The molecule has 4 rings (SSSR count). The Morgan fingerprint density at radius 3 is 2.83 bits per heavy atom. The lowest BCUT2D eigenvalue weighted by atomic mass is 9.81. The van der Waals surface area contributed by atoms with E-state index in [1.54, 1.807) is 25.5 Å². The molecule has 0 saturated carbocycles. The molecule has 2 heterocycles. The lowest BCUT2D eigenvalue weighted by Gasteiger charge is -2.26. The van der Waals surface area contributed by atoms with Gasteiger partial charge in [-0.15, -0.1) is 0 Å². The van der Waals surface area contributed by atoms with Gasteiger partial charge in [0.15, 0.2) is 0 Å². The number of ether oxygens (including phenoxy) is 2. The summed E-state index contributed by atoms with van der Waals surface area (Å²) in [6, 6.07) is 9.08. The summed E-state index contributed by atoms with van der Waals surface area (Å²) in [4.78, 5) is 19.4. The summed E-state index contributed by atoms with van der Waals surface area (Å²) in [5, 5.41) is 1.53. The van der Waals surface area contributed by atoms with E-state index in [1.807, 2.05) is 18.2 Å². The Morgan fingerprint density at radius 2 is 2.06 bits per heavy atom. The van der Waals surface area contributed by atoms with Gasteiger partial charge in [0.1, 0.15) is 17.4 Å². The number of halogens is 3. The van der Waals surface area contributed by atoms with Crippen LogP contribution in [-0.2, 0) is 16.0 Å². The number of hydrogen-bond acceptors (Lipinski definition) is 5. The lowest BCUT2D eigenvalue weighted by Crippen LogP contribution is -2.36. The molecular weight excluding hydrogens is 486 g/mol. The quantitative estimate of drug-likeness (QED) is 0.324. The van der Waals surface area contributed by atoms with E-state index >= 15 is 0 Å². The van der Waals surface area contributed by atoms with Crippen molar-refractivity contribution in [1.82, 2.24) is 9.88 Å². The molecule has 1 unspecified atom stereocenters. The van der Waals surface area contributed by atoms with Gasteiger partial charge in [0, 0.05) is 30.2 Å². The molecule has 2 aromatic carbocycles. The summed E-state index contributed by atoms with van der Waals surface area (Å²) in [7, 11) is 3.04. The van der Waals surface area contributed by atoms with Crippen LogP contribution in [0.2, 0.25) is 5.02 Å². The minimum absolute atomic E-state index is 0.200. The number of hydrogen-bond donors (Lipinski definition) is 0. The lowest BCUT2D eigenvalue weighted by molar-refractivity contribution is -0.152. The Balaban J connectivity index is 1.44. The maximum atomic E-state index is 13.9. The molecule has 0 bridgehead atoms. The van der Waals surface area contributed by atoms with E-state index in [2.05, 4.69) is 9.88 Å². The predicted molar refractivity (Wildman–Crippen MR) is 137 cm³/mol. The van der Waals surface area contributed by atoms with Crippen LogP contribution in [0, 0.1) is 17.0 Å². The minimum atomic E-state index is -0.625. The zero-order valence-corrected chi connectivity index (χ0v) is 21.2. The Morgan fingerprint density at radius 1 is 1.22 bits per heavy atom. The smallest absolute Gasteiger partial charge is 0.313 e. The summed E-state index contributed by atoms with van der Waals surface area (Å²) in [6.07, 6.45) is 7.75. The molecule has 3 aromatic rings. The molecule has 0 amide bonds. The van der Waals surface area contributed by atoms with Crippen molar-refractivity contribution in [2.45, 2.75) is 25.7 Å². The van der Waals surface area contributed by atoms with E-state index < -0.39 is 17.0 Å². The van der Waals surface area contributed by atoms with E-state index in [4.69, 9.17) is 21.1 Å². The van der Waals surface area contributed by atoms with E-state index in [1.165, 1.54) is 7.11 Å². The van der Waals surface area contributed by atoms with Crippen molar-refractivity contribution < 1.29 is 23.0 Å². The number of likely N-dealkylation sites (tertiary alicyclic amines) is 1. The zero-order valence-electron chi connectivity index (χ0n) is 20.4. The second kappa shape index (κ2) is 11.4. The predicted octanol–water partition coefficient (Wildman–Crippen LogP) is 6.08. The molecule has 5 nitrogen and oxygen atoms in total. The Kier molecular flexibility index (Phi) is 8.21. The van der Waals surface area contributed by atoms with Gasteiger partial charge in [-0.2, -0.15) is 0 Å². The van der Waals surface area contributed by atoms with Crippen LogP contribution >= 0.6 is 11.6 Å². The number of methoxy groups -OCH3 is 2. The fraction of sp³-hybridized carbons (Fsp3) is 0.357. The molecule has 1 aromatic heterocycles. The number of esters is 1. The molecule has 1 saturated heterocycles. The molecule has 0 spiro atoms. The first-order chi connectivity index (χ1) is 17.3. The average Bonchev–Trinajstić information content (AvgIpc) is 3.30. The molecule has 1 fully saturated rings. The van der Waals surface area contributed by atoms with Crippen LogP contribution in [0.15, 0.2) is 48.7 Å². The van der Waals surface area contributed by atoms with Crippen LogP contribution < -0.4 is 4.74 Å². The first-order valence-electron chi connectivity index (χ1n) is 11.9. The average molecular weight is 515 g/mol. The molecular formula is C28H29ClF2N2O3. The summed E-state index contributed by atoms with van der Waals surface area (Å²) >= 11 is 6.51. The van der Waals surface area contributed by atoms with Crippen molar-refractivity contribution in [2.75, 3.05) is 33.9 Å². The van der Waals surface area contributed by atoms with Crippen LogP contribution in [0.5, 0.6) is 5.75 Å². The number of pyridine rings is 1. The van der Waals surface area contributed by atoms with Gasteiger partial charge in [-0.25, -0.2) is 8.78 Å². The van der Waals surface area contributed by atoms with Gasteiger partial charge in [-0.3, -0.25) is 14.7 Å². The van der Waals surface area contributed by atoms with E-state index in [0.29, 0.717) is 43.9 Å². The monoisotopic (exact) mass is 514 g/mol. The molecule has 1 aliphatic rings. The highest BCUT2D eigenvalue weighted by atomic mass is 35.5. The summed E-state index contributed by atoms with van der Waals surface area (Å²) < 4.78 is 37.8. The molecule has 36 heavy (non-hydrogen) atoms. The molecule has 0 N–H and O–H groups in total. The third-order valence-corrected chi connectivity index (χ3v) is 7.21. The highest BCUT2D eigenvalue weighted by molar-refractivity contribution is 6.32. The van der Waals surface area contributed by atoms with Gasteiger partial charge in [0.2, 0.25) is 0 Å². The van der Waals surface area contributed by atoms with E-state index in [9.17, 15) is 13.6 Å². The van der Waals surface area contributed by atoms with Crippen LogP contribution in [0.25, 0.3) is 17.0 Å². The normalized spacial score (nSPS) is 18.2. The van der Waals surface area contributed by atoms with Crippen molar-refractivity contribution in [1.29, 1.82) is 0 Å². The second-order valence-corrected chi connectivity index (χ2v) is 9.55. The van der Waals surface area contributed by atoms with Crippen molar-refractivity contribution in [3.63, 3.8) is 0 Å². The Labute approximate surface area is 214 Å². The summed E-state index contributed by atoms with van der Waals surface area (Å²) in [6.45, 7) is 1.77. The van der Waals surface area contributed by atoms with E-state index in [-0.39, 0.29) is 11.5 Å². The number of aryl methyl sites for hydroxylation is 1. The van der Waals surface area contributed by atoms with Gasteiger partial charge in [-0.1, -0.05) is 23.8 Å². The van der Waals surface area contributed by atoms with Gasteiger partial charge >= 0.3 is 5.97 Å². The topological polar surface area (TPSA) is 51.7 Å². The van der Waals surface area contributed by atoms with Gasteiger partial charge in [0.25, 0.3) is 0 Å². The molecule has 1 aliphatic heterocycles. The zero-order chi connectivity index (χ0) is 25.7. The van der Waals surface area contributed by atoms with Crippen molar-refractivity contribution in [3.8, 4) is 5.75 Å². The van der Waals surface area contributed by atoms with Crippen LogP contribution in [0.4, 0.5) is 8.78 Å². The number of carbonyl (C=O) groups excluding carboxylic acids is 1. The largest absolute Gasteiger partial charge is 0.497 e. The Bertz CT molecular complexity index is 1280. The minimum Gasteiger partial charge on any atom is -0.497 e. The van der Waals surface area contributed by atoms with Gasteiger partial charge < -0.3 is 9.47 Å². The molecule has 0 aliphatic carbocycles. The van der Waals surface area contributed by atoms with Crippen LogP contribution in [0.1, 0.15) is 30.4 Å². The molecule has 190 valence electrons. The number of fused-ring (bicyclic) bond motifs is 1. The maximum absolute atomic E-state index is 13.9. The number of nitrogens with zero attached hydrogens (tertiary/aromatic N) is 2. The van der Waals surface area contributed by atoms with E-state index in [0.717, 1.165) is 46.8 Å². The number of benzene rings is 2. The Hall–Kier alpha value is -3.03. The maximum Gasteiger partial charge on any atom is 0.313 e. The number of aromatic nitrogens is 1. The van der Waals surface area contributed by atoms with Crippen molar-refractivity contribution in [3.05, 3.63) is 76.5 Å². The molecule has 8 heteroatoms. The fourth-order valence-electron chi connectivity index (χ4n) is 4.96. The number of rotatable bonds is 9. The van der Waals surface area contributed by atoms with Crippen molar-refractivity contribution in [2.24, 2.45) is 5.41 Å². The summed E-state index contributed by atoms with van der Waals surface area (Å²) in [5.41, 5.74) is 1.40. The SMILES string of the molecule is COC(=O)C1(CCCc2c(Cl)cnc3ccc(OC)cc23)CCN(CC=Cc2cc(F)ccc2F)C1. The standard InChI is InChI=1S/C28H29ClF2N2O3/c1-35-21-8-10-26-23(16-21)22(24(29)17-32-26)6-3-11-28(27(34)36-2)12-14-33(18-28)13-4-5-19-15-20(30)7-9-25(19)31/h4-5,7-10,15-17H,3,6,11-14,18H2,1-2H3. The number of carbonyl (C=O) groups is 1. The second-order valence-electron chi connectivity index (χ2n) is 9.15. The van der Waals surface area contributed by atoms with Crippen molar-refractivity contribution >= 4 is 34.5 Å². The highest BCUT2D eigenvalue weighted by Crippen LogP contribution is 2.38. The third-order valence-electron chi connectivity index (χ3n) is 6.89. The third kappa shape index (κ3) is 5.68. The van der Waals surface area contributed by atoms with Gasteiger partial charge in [0.05, 0.1) is 30.2 Å². The van der Waals surface area contributed by atoms with Gasteiger partial charge in [-0.05, 0) is 74.2 Å². The first-order valence-corrected chi connectivity index (χ1v) is 12.3. The van der Waals surface area contributed by atoms with Crippen LogP contribution in [0.3, 0.4) is 0 Å². The summed E-state index contributed by atoms with van der Waals surface area (Å²) in [5.74, 6) is -0.450.